The molecule has 0 bridgehead atoms. The number of nitrogens with zero attached hydrogens (tertiary/aromatic N) is 1. The van der Waals surface area contributed by atoms with E-state index < -0.39 is 47.9 Å². The van der Waals surface area contributed by atoms with Gasteiger partial charge in [0.2, 0.25) is 17.7 Å². The lowest BCUT2D eigenvalue weighted by atomic mass is 10.0. The van der Waals surface area contributed by atoms with Crippen molar-refractivity contribution in [3.63, 3.8) is 0 Å². The number of guanidine groups is 1. The van der Waals surface area contributed by atoms with Crippen LogP contribution >= 0.6 is 0 Å². The van der Waals surface area contributed by atoms with Crippen molar-refractivity contribution in [3.05, 3.63) is 65.7 Å². The summed E-state index contributed by atoms with van der Waals surface area (Å²) in [7, 11) is 0. The Morgan fingerprint density at radius 3 is 1.93 bits per heavy atom. The third kappa shape index (κ3) is 12.8. The number of amides is 3. The molecular weight excluding hydrogens is 554 g/mol. The van der Waals surface area contributed by atoms with Crippen LogP contribution in [0.15, 0.2) is 59.6 Å². The number of carbonyl (C=O) groups is 4. The predicted molar refractivity (Wildman–Crippen MR) is 163 cm³/mol. The molecule has 0 heterocycles. The van der Waals surface area contributed by atoms with Crippen LogP contribution in [0.2, 0.25) is 0 Å². The van der Waals surface area contributed by atoms with Crippen molar-refractivity contribution in [1.29, 1.82) is 0 Å². The highest BCUT2D eigenvalue weighted by atomic mass is 16.4. The maximum absolute atomic E-state index is 13.6. The summed E-state index contributed by atoms with van der Waals surface area (Å²) in [5.74, 6) is -3.15. The highest BCUT2D eigenvalue weighted by molar-refractivity contribution is 5.94. The molecule has 0 saturated carbocycles. The second-order valence-electron chi connectivity index (χ2n) is 10.8. The number of hydrogen-bond donors (Lipinski definition) is 8. The number of aliphatic imine (C=N–C) groups is 1. The van der Waals surface area contributed by atoms with E-state index in [4.69, 9.17) is 17.2 Å². The molecule has 4 atom stereocenters. The number of phenolic OH excluding ortho intramolecular Hbond substituents is 1. The maximum atomic E-state index is 13.6. The van der Waals surface area contributed by atoms with E-state index in [0.717, 1.165) is 11.1 Å². The van der Waals surface area contributed by atoms with E-state index in [0.29, 0.717) is 6.42 Å². The minimum absolute atomic E-state index is 0.00689. The topological polar surface area (TPSA) is 235 Å². The predicted octanol–water partition coefficient (Wildman–Crippen LogP) is 0.143. The highest BCUT2D eigenvalue weighted by Crippen LogP contribution is 2.12. The summed E-state index contributed by atoms with van der Waals surface area (Å²) >= 11 is 0. The molecule has 0 aliphatic carbocycles. The highest BCUT2D eigenvalue weighted by Gasteiger charge is 2.30. The van der Waals surface area contributed by atoms with Gasteiger partial charge in [-0.05, 0) is 54.9 Å². The van der Waals surface area contributed by atoms with Gasteiger partial charge in [0.15, 0.2) is 5.96 Å². The molecule has 3 amide bonds. The van der Waals surface area contributed by atoms with Crippen molar-refractivity contribution in [2.75, 3.05) is 6.54 Å². The molecule has 2 aromatic rings. The summed E-state index contributed by atoms with van der Waals surface area (Å²) in [6.07, 6.45) is 0.882. The van der Waals surface area contributed by atoms with Crippen LogP contribution in [0.1, 0.15) is 44.2 Å². The average Bonchev–Trinajstić information content (AvgIpc) is 2.95. The van der Waals surface area contributed by atoms with Gasteiger partial charge in [0.05, 0.1) is 6.04 Å². The van der Waals surface area contributed by atoms with Gasteiger partial charge in [-0.15, -0.1) is 0 Å². The molecule has 234 valence electrons. The van der Waals surface area contributed by atoms with Gasteiger partial charge in [-0.3, -0.25) is 19.4 Å². The van der Waals surface area contributed by atoms with Gasteiger partial charge >= 0.3 is 5.97 Å². The lowest BCUT2D eigenvalue weighted by molar-refractivity contribution is -0.142. The molecule has 0 saturated heterocycles. The zero-order chi connectivity index (χ0) is 31.9. The Balaban J connectivity index is 2.24. The summed E-state index contributed by atoms with van der Waals surface area (Å²) in [6.45, 7) is 3.85. The number of rotatable bonds is 17. The van der Waals surface area contributed by atoms with E-state index in [-0.39, 0.29) is 49.9 Å². The van der Waals surface area contributed by atoms with Gasteiger partial charge in [0.1, 0.15) is 23.9 Å². The molecule has 2 aromatic carbocycles. The average molecular weight is 598 g/mol. The zero-order valence-electron chi connectivity index (χ0n) is 24.5. The number of hydrogen-bond acceptors (Lipinski definition) is 7. The van der Waals surface area contributed by atoms with Crippen LogP contribution < -0.4 is 33.2 Å². The zero-order valence-corrected chi connectivity index (χ0v) is 24.5. The van der Waals surface area contributed by atoms with Crippen LogP contribution in [0.3, 0.4) is 0 Å². The molecule has 13 heteroatoms. The van der Waals surface area contributed by atoms with Gasteiger partial charge in [0.25, 0.3) is 0 Å². The van der Waals surface area contributed by atoms with Crippen molar-refractivity contribution in [1.82, 2.24) is 16.0 Å². The van der Waals surface area contributed by atoms with E-state index >= 15 is 0 Å². The van der Waals surface area contributed by atoms with Gasteiger partial charge in [-0.25, -0.2) is 4.79 Å². The normalized spacial score (nSPS) is 13.7. The molecule has 0 aliphatic heterocycles. The number of phenols is 1. The number of nitrogens with two attached hydrogens (primary N) is 3. The standard InChI is InChI=1S/C30H43N7O6/c1-18(2)15-25(29(42)43)37-27(40)23(9-6-14-34-30(32)33)35-28(41)24(17-19-7-4-3-5-8-19)36-26(39)22(31)16-20-10-12-21(38)13-11-20/h3-5,7-8,10-13,18,22-25,38H,6,9,14-17,31H2,1-2H3,(H,35,41)(H,36,39)(H,37,40)(H,42,43)(H4,32,33,34). The first-order valence-electron chi connectivity index (χ1n) is 14.1. The smallest absolute Gasteiger partial charge is 0.326 e. The molecule has 43 heavy (non-hydrogen) atoms. The quantitative estimate of drug-likeness (QED) is 0.0702. The number of carboxylic acids is 1. The minimum atomic E-state index is -1.19. The van der Waals surface area contributed by atoms with E-state index in [1.54, 1.807) is 36.4 Å². The number of carboxylic acid groups (broad SMARTS) is 1. The first-order chi connectivity index (χ1) is 20.3. The monoisotopic (exact) mass is 597 g/mol. The van der Waals surface area contributed by atoms with Gasteiger partial charge < -0.3 is 43.4 Å². The Labute approximate surface area is 251 Å². The summed E-state index contributed by atoms with van der Waals surface area (Å²) in [5, 5.41) is 27.0. The van der Waals surface area contributed by atoms with Crippen molar-refractivity contribution >= 4 is 29.7 Å². The third-order valence-electron chi connectivity index (χ3n) is 6.54. The van der Waals surface area contributed by atoms with E-state index in [1.807, 2.05) is 19.9 Å². The largest absolute Gasteiger partial charge is 0.508 e. The van der Waals surface area contributed by atoms with Crippen LogP contribution in [0.5, 0.6) is 5.75 Å². The number of benzene rings is 2. The lowest BCUT2D eigenvalue weighted by Gasteiger charge is -2.26. The molecule has 0 radical (unpaired) electrons. The van der Waals surface area contributed by atoms with Gasteiger partial charge in [-0.2, -0.15) is 0 Å². The van der Waals surface area contributed by atoms with Crippen LogP contribution in [0.25, 0.3) is 0 Å². The molecule has 0 aromatic heterocycles. The lowest BCUT2D eigenvalue weighted by Crippen LogP contribution is -2.57. The summed E-state index contributed by atoms with van der Waals surface area (Å²) < 4.78 is 0. The third-order valence-corrected chi connectivity index (χ3v) is 6.54. The fourth-order valence-electron chi connectivity index (χ4n) is 4.33. The molecular formula is C30H43N7O6. The molecule has 2 rings (SSSR count). The molecule has 0 spiro atoms. The molecule has 0 aliphatic rings. The Bertz CT molecular complexity index is 1230. The summed E-state index contributed by atoms with van der Waals surface area (Å²) in [6, 6.07) is 10.9. The second kappa shape index (κ2) is 17.3. The van der Waals surface area contributed by atoms with Crippen molar-refractivity contribution in [2.45, 2.75) is 70.1 Å². The second-order valence-corrected chi connectivity index (χ2v) is 10.8. The van der Waals surface area contributed by atoms with Crippen LogP contribution in [-0.2, 0) is 32.0 Å². The molecule has 13 nitrogen and oxygen atoms in total. The number of aliphatic carboxylic acids is 1. The van der Waals surface area contributed by atoms with Gasteiger partial charge in [-0.1, -0.05) is 56.3 Å². The van der Waals surface area contributed by atoms with Crippen LogP contribution in [0, 0.1) is 5.92 Å². The van der Waals surface area contributed by atoms with E-state index in [1.165, 1.54) is 12.1 Å². The SMILES string of the molecule is CC(C)CC(NC(=O)C(CCCN=C(N)N)NC(=O)C(Cc1ccccc1)NC(=O)C(N)Cc1ccc(O)cc1)C(=O)O. The Hall–Kier alpha value is -4.65. The fraction of sp³-hybridized carbons (Fsp3) is 0.433. The van der Waals surface area contributed by atoms with Crippen LogP contribution in [0.4, 0.5) is 0 Å². The minimum Gasteiger partial charge on any atom is -0.508 e. The van der Waals surface area contributed by atoms with E-state index in [2.05, 4.69) is 20.9 Å². The summed E-state index contributed by atoms with van der Waals surface area (Å²) in [5.41, 5.74) is 18.4. The first kappa shape index (κ1) is 34.6. The van der Waals surface area contributed by atoms with Gasteiger partial charge in [0, 0.05) is 13.0 Å². The number of nitrogens with one attached hydrogen (secondary N) is 3. The van der Waals surface area contributed by atoms with Crippen molar-refractivity contribution < 1.29 is 29.4 Å². The Morgan fingerprint density at radius 1 is 0.791 bits per heavy atom. The molecule has 0 fully saturated rings. The molecule has 4 unspecified atom stereocenters. The maximum Gasteiger partial charge on any atom is 0.326 e. The fourth-order valence-corrected chi connectivity index (χ4v) is 4.33. The Morgan fingerprint density at radius 2 is 1.35 bits per heavy atom. The van der Waals surface area contributed by atoms with Crippen LogP contribution in [-0.4, -0.2) is 70.6 Å². The number of carbonyl (C=O) groups excluding carboxylic acids is 3. The number of aromatic hydroxyl groups is 1. The van der Waals surface area contributed by atoms with E-state index in [9.17, 15) is 29.4 Å². The first-order valence-corrected chi connectivity index (χ1v) is 14.1. The Kier molecular flexibility index (Phi) is 13.9. The summed E-state index contributed by atoms with van der Waals surface area (Å²) in [4.78, 5) is 55.6. The van der Waals surface area contributed by atoms with Crippen molar-refractivity contribution in [3.8, 4) is 5.75 Å². The molecule has 11 N–H and O–H groups in total. The van der Waals surface area contributed by atoms with Crippen molar-refractivity contribution in [2.24, 2.45) is 28.1 Å².